The van der Waals surface area contributed by atoms with E-state index < -0.39 is 11.9 Å². The number of carbonyl (C=O) groups is 2. The molecule has 0 radical (unpaired) electrons. The number of methoxy groups -OCH3 is 1. The number of H-pyrrole nitrogens is 1. The highest BCUT2D eigenvalue weighted by molar-refractivity contribution is 6.03. The maximum absolute atomic E-state index is 14.1. The van der Waals surface area contributed by atoms with E-state index in [1.807, 2.05) is 30.5 Å². The number of benzene rings is 3. The van der Waals surface area contributed by atoms with Gasteiger partial charge in [-0.25, -0.2) is 4.39 Å². The second-order valence-electron chi connectivity index (χ2n) is 9.80. The number of hydrogen-bond acceptors (Lipinski definition) is 3. The van der Waals surface area contributed by atoms with Crippen LogP contribution in [0.25, 0.3) is 10.9 Å². The highest BCUT2D eigenvalue weighted by atomic mass is 19.1. The number of halogens is 1. The first-order valence-corrected chi connectivity index (χ1v) is 13.1. The summed E-state index contributed by atoms with van der Waals surface area (Å²) in [6.07, 6.45) is 7.03. The molecule has 4 aromatic rings. The fourth-order valence-corrected chi connectivity index (χ4v) is 5.30. The number of amides is 2. The number of nitrogens with one attached hydrogen (secondary N) is 2. The van der Waals surface area contributed by atoms with Gasteiger partial charge >= 0.3 is 0 Å². The van der Waals surface area contributed by atoms with Gasteiger partial charge in [0.2, 0.25) is 11.8 Å². The molecule has 0 unspecified atom stereocenters. The normalized spacial score (nSPS) is 14.7. The van der Waals surface area contributed by atoms with E-state index in [2.05, 4.69) is 10.3 Å². The molecule has 1 saturated carbocycles. The molecule has 2 N–H and O–H groups in total. The van der Waals surface area contributed by atoms with Crippen molar-refractivity contribution in [1.29, 1.82) is 0 Å². The highest BCUT2D eigenvalue weighted by Gasteiger charge is 2.34. The van der Waals surface area contributed by atoms with Gasteiger partial charge in [-0.05, 0) is 66.4 Å². The topological polar surface area (TPSA) is 74.4 Å². The summed E-state index contributed by atoms with van der Waals surface area (Å²) in [5, 5.41) is 4.15. The van der Waals surface area contributed by atoms with Gasteiger partial charge in [0.25, 0.3) is 0 Å². The number of rotatable bonds is 8. The Morgan fingerprint density at radius 3 is 2.42 bits per heavy atom. The van der Waals surface area contributed by atoms with Gasteiger partial charge < -0.3 is 15.0 Å². The van der Waals surface area contributed by atoms with Gasteiger partial charge in [-0.3, -0.25) is 14.5 Å². The molecule has 2 amide bonds. The number of ether oxygens (including phenoxy) is 1. The van der Waals surface area contributed by atoms with Gasteiger partial charge in [-0.1, -0.05) is 49.6 Å². The molecule has 6 nitrogen and oxygen atoms in total. The quantitative estimate of drug-likeness (QED) is 0.300. The average molecular weight is 514 g/mol. The van der Waals surface area contributed by atoms with E-state index in [0.29, 0.717) is 17.0 Å². The van der Waals surface area contributed by atoms with E-state index in [1.165, 1.54) is 17.0 Å². The summed E-state index contributed by atoms with van der Waals surface area (Å²) in [5.74, 6) is -0.274. The first-order chi connectivity index (χ1) is 18.5. The summed E-state index contributed by atoms with van der Waals surface area (Å²) < 4.78 is 19.2. The smallest absolute Gasteiger partial charge is 0.248 e. The average Bonchev–Trinajstić information content (AvgIpc) is 3.35. The Morgan fingerprint density at radius 2 is 1.71 bits per heavy atom. The standard InChI is InChI=1S/C31H32FN3O3/c1-38-26-17-15-25(16-18-26)35(29(36)19-22-20-33-28-10-6-5-9-27(22)28)30(21-11-13-23(32)14-12-21)31(37)34-24-7-3-2-4-8-24/h5-6,9-18,20,24,30,33H,2-4,7-8,19H2,1H3,(H,34,37)/t30-/m0/s1. The summed E-state index contributed by atoms with van der Waals surface area (Å²) in [5.41, 5.74) is 2.89. The second kappa shape index (κ2) is 11.5. The maximum atomic E-state index is 14.1. The van der Waals surface area contributed by atoms with Gasteiger partial charge in [0.1, 0.15) is 17.6 Å². The third-order valence-electron chi connectivity index (χ3n) is 7.28. The summed E-state index contributed by atoms with van der Waals surface area (Å²) >= 11 is 0. The van der Waals surface area contributed by atoms with Crippen LogP contribution in [0.1, 0.15) is 49.3 Å². The van der Waals surface area contributed by atoms with Crippen molar-refractivity contribution in [2.24, 2.45) is 0 Å². The van der Waals surface area contributed by atoms with Crippen LogP contribution in [0.4, 0.5) is 10.1 Å². The molecule has 0 bridgehead atoms. The Balaban J connectivity index is 1.55. The molecule has 196 valence electrons. The zero-order valence-corrected chi connectivity index (χ0v) is 21.5. The molecule has 0 aliphatic heterocycles. The highest BCUT2D eigenvalue weighted by Crippen LogP contribution is 2.32. The Hall–Kier alpha value is -4.13. The van der Waals surface area contributed by atoms with E-state index in [-0.39, 0.29) is 24.3 Å². The Kier molecular flexibility index (Phi) is 7.73. The van der Waals surface area contributed by atoms with Crippen LogP contribution < -0.4 is 15.0 Å². The van der Waals surface area contributed by atoms with Crippen LogP contribution in [-0.2, 0) is 16.0 Å². The molecule has 1 aliphatic rings. The minimum absolute atomic E-state index is 0.0561. The minimum atomic E-state index is -0.969. The maximum Gasteiger partial charge on any atom is 0.248 e. The predicted molar refractivity (Wildman–Crippen MR) is 147 cm³/mol. The van der Waals surface area contributed by atoms with Gasteiger partial charge in [0.15, 0.2) is 0 Å². The molecular weight excluding hydrogens is 481 g/mol. The molecule has 1 atom stereocenters. The third-order valence-corrected chi connectivity index (χ3v) is 7.28. The van der Waals surface area contributed by atoms with Gasteiger partial charge in [-0.15, -0.1) is 0 Å². The molecule has 1 aliphatic carbocycles. The summed E-state index contributed by atoms with van der Waals surface area (Å²) in [7, 11) is 1.58. The van der Waals surface area contributed by atoms with Crippen LogP contribution in [0.5, 0.6) is 5.75 Å². The van der Waals surface area contributed by atoms with Crippen LogP contribution in [-0.4, -0.2) is 29.9 Å². The van der Waals surface area contributed by atoms with Crippen LogP contribution in [0.3, 0.4) is 0 Å². The van der Waals surface area contributed by atoms with Crippen LogP contribution in [0.2, 0.25) is 0 Å². The lowest BCUT2D eigenvalue weighted by atomic mass is 9.94. The van der Waals surface area contributed by atoms with Crippen molar-refractivity contribution in [3.8, 4) is 5.75 Å². The zero-order valence-electron chi connectivity index (χ0n) is 21.5. The fourth-order valence-electron chi connectivity index (χ4n) is 5.30. The van der Waals surface area contributed by atoms with E-state index in [1.54, 1.807) is 43.5 Å². The molecule has 38 heavy (non-hydrogen) atoms. The number of carbonyl (C=O) groups excluding carboxylic acids is 2. The molecule has 3 aromatic carbocycles. The van der Waals surface area contributed by atoms with E-state index >= 15 is 0 Å². The Bertz CT molecular complexity index is 1390. The molecule has 0 spiro atoms. The van der Waals surface area contributed by atoms with Crippen molar-refractivity contribution in [2.75, 3.05) is 12.0 Å². The Morgan fingerprint density at radius 1 is 1.00 bits per heavy atom. The summed E-state index contributed by atoms with van der Waals surface area (Å²) in [4.78, 5) is 32.8. The largest absolute Gasteiger partial charge is 0.497 e. The lowest BCUT2D eigenvalue weighted by molar-refractivity contribution is -0.127. The van der Waals surface area contributed by atoms with Gasteiger partial charge in [0.05, 0.1) is 13.5 Å². The lowest BCUT2D eigenvalue weighted by Crippen LogP contribution is -2.47. The molecule has 0 saturated heterocycles. The number of fused-ring (bicyclic) bond motifs is 1. The number of hydrogen-bond donors (Lipinski definition) is 2. The number of aromatic nitrogens is 1. The summed E-state index contributed by atoms with van der Waals surface area (Å²) in [6.45, 7) is 0. The van der Waals surface area contributed by atoms with Crippen molar-refractivity contribution in [1.82, 2.24) is 10.3 Å². The van der Waals surface area contributed by atoms with Crippen LogP contribution >= 0.6 is 0 Å². The number of anilines is 1. The predicted octanol–water partition coefficient (Wildman–Crippen LogP) is 6.08. The molecule has 1 heterocycles. The monoisotopic (exact) mass is 513 g/mol. The van der Waals surface area contributed by atoms with Crippen LogP contribution in [0, 0.1) is 5.82 Å². The molecule has 5 rings (SSSR count). The third kappa shape index (κ3) is 5.57. The zero-order chi connectivity index (χ0) is 26.5. The summed E-state index contributed by atoms with van der Waals surface area (Å²) in [6, 6.07) is 19.8. The molecular formula is C31H32FN3O3. The Labute approximate surface area is 221 Å². The second-order valence-corrected chi connectivity index (χ2v) is 9.80. The van der Waals surface area contributed by atoms with Crippen molar-refractivity contribution < 1.29 is 18.7 Å². The van der Waals surface area contributed by atoms with Crippen molar-refractivity contribution in [3.05, 3.63) is 95.9 Å². The molecule has 1 aromatic heterocycles. The SMILES string of the molecule is COc1ccc(N(C(=O)Cc2c[nH]c3ccccc23)[C@H](C(=O)NC2CCCCC2)c2ccc(F)cc2)cc1. The number of aromatic amines is 1. The van der Waals surface area contributed by atoms with Gasteiger partial charge in [0, 0.05) is 28.8 Å². The molecule has 1 fully saturated rings. The lowest BCUT2D eigenvalue weighted by Gasteiger charge is -2.33. The first-order valence-electron chi connectivity index (χ1n) is 13.1. The van der Waals surface area contributed by atoms with E-state index in [9.17, 15) is 14.0 Å². The van der Waals surface area contributed by atoms with Gasteiger partial charge in [-0.2, -0.15) is 0 Å². The van der Waals surface area contributed by atoms with E-state index in [0.717, 1.165) is 48.6 Å². The minimum Gasteiger partial charge on any atom is -0.497 e. The van der Waals surface area contributed by atoms with E-state index in [4.69, 9.17) is 4.74 Å². The number of para-hydroxylation sites is 1. The van der Waals surface area contributed by atoms with Crippen molar-refractivity contribution >= 4 is 28.4 Å². The number of nitrogens with zero attached hydrogens (tertiary/aromatic N) is 1. The van der Waals surface area contributed by atoms with Crippen LogP contribution in [0.15, 0.2) is 79.0 Å². The fraction of sp³-hybridized carbons (Fsp3) is 0.290. The van der Waals surface area contributed by atoms with Crippen molar-refractivity contribution in [2.45, 2.75) is 50.6 Å². The molecule has 7 heteroatoms. The first kappa shape index (κ1) is 25.5. The van der Waals surface area contributed by atoms with Crippen molar-refractivity contribution in [3.63, 3.8) is 0 Å².